The maximum atomic E-state index is 12.2. The van der Waals surface area contributed by atoms with Gasteiger partial charge < -0.3 is 9.30 Å². The first kappa shape index (κ1) is 15.1. The maximum absolute atomic E-state index is 12.2. The molecule has 3 aromatic rings. The number of aromatic nitrogens is 1. The first-order valence-electron chi connectivity index (χ1n) is 6.97. The molecule has 0 fully saturated rings. The number of hydrogen-bond donors (Lipinski definition) is 0. The van der Waals surface area contributed by atoms with Gasteiger partial charge >= 0.3 is 0 Å². The van der Waals surface area contributed by atoms with Gasteiger partial charge in [0, 0.05) is 13.1 Å². The van der Waals surface area contributed by atoms with Crippen molar-refractivity contribution in [3.63, 3.8) is 0 Å². The van der Waals surface area contributed by atoms with Crippen LogP contribution in [0.2, 0.25) is 0 Å². The highest BCUT2D eigenvalue weighted by Crippen LogP contribution is 2.22. The van der Waals surface area contributed by atoms with E-state index in [-0.39, 0.29) is 5.56 Å². The Balaban J connectivity index is 2.15. The quantitative estimate of drug-likeness (QED) is 0.722. The second-order valence-electron chi connectivity index (χ2n) is 5.06. The first-order chi connectivity index (χ1) is 11.1. The van der Waals surface area contributed by atoms with Gasteiger partial charge in [0.05, 0.1) is 17.7 Å². The SMILES string of the molecule is COc1ccc2cc(/C=c3\s/c(=C\C#N)n(C)c3=O)ccc2c1. The van der Waals surface area contributed by atoms with Gasteiger partial charge in [0.15, 0.2) is 0 Å². The van der Waals surface area contributed by atoms with Crippen LogP contribution in [-0.4, -0.2) is 11.7 Å². The molecule has 2 aromatic carbocycles. The van der Waals surface area contributed by atoms with Crippen molar-refractivity contribution in [2.75, 3.05) is 7.11 Å². The molecule has 0 aliphatic rings. The lowest BCUT2D eigenvalue weighted by molar-refractivity contribution is 0.415. The summed E-state index contributed by atoms with van der Waals surface area (Å²) in [5, 5.41) is 10.9. The zero-order valence-electron chi connectivity index (χ0n) is 12.7. The van der Waals surface area contributed by atoms with Gasteiger partial charge in [-0.25, -0.2) is 0 Å². The highest BCUT2D eigenvalue weighted by Gasteiger charge is 2.01. The number of ether oxygens (including phenoxy) is 1. The molecule has 4 nitrogen and oxygen atoms in total. The second-order valence-corrected chi connectivity index (χ2v) is 6.12. The molecule has 0 aliphatic heterocycles. The number of thiazole rings is 1. The fourth-order valence-electron chi connectivity index (χ4n) is 2.37. The molecular formula is C18H14N2O2S. The van der Waals surface area contributed by atoms with Crippen molar-refractivity contribution >= 4 is 34.3 Å². The normalized spacial score (nSPS) is 12.6. The molecule has 0 saturated carbocycles. The molecule has 23 heavy (non-hydrogen) atoms. The average Bonchev–Trinajstić information content (AvgIpc) is 2.83. The van der Waals surface area contributed by atoms with Gasteiger partial charge in [-0.3, -0.25) is 4.79 Å². The zero-order chi connectivity index (χ0) is 16.4. The Hall–Kier alpha value is -2.84. The van der Waals surface area contributed by atoms with Crippen LogP contribution in [0, 0.1) is 11.3 Å². The highest BCUT2D eigenvalue weighted by molar-refractivity contribution is 7.07. The number of nitrogens with zero attached hydrogens (tertiary/aromatic N) is 2. The largest absolute Gasteiger partial charge is 0.497 e. The Morgan fingerprint density at radius 2 is 1.96 bits per heavy atom. The summed E-state index contributed by atoms with van der Waals surface area (Å²) >= 11 is 1.31. The van der Waals surface area contributed by atoms with Gasteiger partial charge in [-0.05, 0) is 40.6 Å². The Labute approximate surface area is 136 Å². The molecule has 0 N–H and O–H groups in total. The standard InChI is InChI=1S/C18H14N2O2S/c1-20-17(7-8-19)23-16(18(20)21)10-12-3-4-14-11-15(22-2)6-5-13(14)9-12/h3-7,9-11H,1-2H3/b16-10-,17-7-. The average molecular weight is 322 g/mol. The lowest BCUT2D eigenvalue weighted by atomic mass is 10.1. The van der Waals surface area contributed by atoms with Crippen LogP contribution in [0.25, 0.3) is 22.9 Å². The third kappa shape index (κ3) is 2.89. The number of methoxy groups -OCH3 is 1. The maximum Gasteiger partial charge on any atom is 0.268 e. The van der Waals surface area contributed by atoms with Crippen molar-refractivity contribution in [2.24, 2.45) is 7.05 Å². The molecule has 0 unspecified atom stereocenters. The summed E-state index contributed by atoms with van der Waals surface area (Å²) in [6.45, 7) is 0. The van der Waals surface area contributed by atoms with Gasteiger partial charge in [-0.15, -0.1) is 11.3 Å². The van der Waals surface area contributed by atoms with E-state index in [0.717, 1.165) is 22.1 Å². The van der Waals surface area contributed by atoms with E-state index in [9.17, 15) is 4.79 Å². The predicted molar refractivity (Wildman–Crippen MR) is 93.0 cm³/mol. The molecule has 3 rings (SSSR count). The van der Waals surface area contributed by atoms with Crippen LogP contribution in [0.5, 0.6) is 5.75 Å². The summed E-state index contributed by atoms with van der Waals surface area (Å²) in [5.74, 6) is 0.818. The van der Waals surface area contributed by atoms with E-state index in [1.807, 2.05) is 48.5 Å². The second kappa shape index (κ2) is 6.11. The molecule has 0 aliphatic carbocycles. The number of rotatable bonds is 2. The molecule has 0 spiro atoms. The van der Waals surface area contributed by atoms with E-state index in [0.29, 0.717) is 9.20 Å². The zero-order valence-corrected chi connectivity index (χ0v) is 13.6. The van der Waals surface area contributed by atoms with E-state index in [4.69, 9.17) is 10.00 Å². The monoisotopic (exact) mass is 322 g/mol. The summed E-state index contributed by atoms with van der Waals surface area (Å²) in [6, 6.07) is 13.8. The molecular weight excluding hydrogens is 308 g/mol. The minimum Gasteiger partial charge on any atom is -0.497 e. The van der Waals surface area contributed by atoms with Gasteiger partial charge in [-0.2, -0.15) is 5.26 Å². The minimum atomic E-state index is -0.0914. The number of benzene rings is 2. The summed E-state index contributed by atoms with van der Waals surface area (Å²) in [4.78, 5) is 12.2. The summed E-state index contributed by atoms with van der Waals surface area (Å²) in [6.07, 6.45) is 3.24. The predicted octanol–water partition coefficient (Wildman–Crippen LogP) is 1.74. The molecule has 114 valence electrons. The van der Waals surface area contributed by atoms with Crippen molar-refractivity contribution in [2.45, 2.75) is 0 Å². The third-order valence-electron chi connectivity index (χ3n) is 3.62. The van der Waals surface area contributed by atoms with E-state index >= 15 is 0 Å². The third-order valence-corrected chi connectivity index (χ3v) is 4.73. The van der Waals surface area contributed by atoms with Crippen molar-refractivity contribution in [3.8, 4) is 11.8 Å². The smallest absolute Gasteiger partial charge is 0.268 e. The van der Waals surface area contributed by atoms with Crippen LogP contribution >= 0.6 is 11.3 Å². The van der Waals surface area contributed by atoms with Crippen LogP contribution < -0.4 is 19.5 Å². The highest BCUT2D eigenvalue weighted by atomic mass is 32.1. The number of fused-ring (bicyclic) bond motifs is 1. The Morgan fingerprint density at radius 1 is 1.22 bits per heavy atom. The van der Waals surface area contributed by atoms with E-state index in [1.165, 1.54) is 22.0 Å². The summed E-state index contributed by atoms with van der Waals surface area (Å²) in [5.41, 5.74) is 0.858. The van der Waals surface area contributed by atoms with Crippen molar-refractivity contribution < 1.29 is 4.74 Å². The van der Waals surface area contributed by atoms with Crippen LogP contribution in [0.1, 0.15) is 5.56 Å². The Bertz CT molecular complexity index is 1100. The van der Waals surface area contributed by atoms with Gasteiger partial charge in [0.25, 0.3) is 5.56 Å². The van der Waals surface area contributed by atoms with Gasteiger partial charge in [-0.1, -0.05) is 18.2 Å². The molecule has 1 aromatic heterocycles. The topological polar surface area (TPSA) is 55.0 Å². The van der Waals surface area contributed by atoms with Gasteiger partial charge in [0.1, 0.15) is 10.4 Å². The number of hydrogen-bond acceptors (Lipinski definition) is 4. The van der Waals surface area contributed by atoms with Crippen molar-refractivity contribution in [1.82, 2.24) is 4.57 Å². The lowest BCUT2D eigenvalue weighted by Gasteiger charge is -2.03. The van der Waals surface area contributed by atoms with Gasteiger partial charge in [0.2, 0.25) is 0 Å². The van der Waals surface area contributed by atoms with Crippen LogP contribution in [-0.2, 0) is 7.05 Å². The first-order valence-corrected chi connectivity index (χ1v) is 7.79. The molecule has 1 heterocycles. The van der Waals surface area contributed by atoms with Crippen LogP contribution in [0.15, 0.2) is 41.2 Å². The molecule has 0 radical (unpaired) electrons. The van der Waals surface area contributed by atoms with Crippen molar-refractivity contribution in [3.05, 3.63) is 61.5 Å². The Morgan fingerprint density at radius 3 is 2.70 bits per heavy atom. The van der Waals surface area contributed by atoms with Crippen molar-refractivity contribution in [1.29, 1.82) is 5.26 Å². The fraction of sp³-hybridized carbons (Fsp3) is 0.111. The van der Waals surface area contributed by atoms with Crippen LogP contribution in [0.3, 0.4) is 0 Å². The molecule has 5 heteroatoms. The number of nitriles is 1. The molecule has 0 atom stereocenters. The summed E-state index contributed by atoms with van der Waals surface area (Å²) < 4.78 is 7.97. The minimum absolute atomic E-state index is 0.0914. The van der Waals surface area contributed by atoms with E-state index in [2.05, 4.69) is 0 Å². The fourth-order valence-corrected chi connectivity index (χ4v) is 3.35. The molecule has 0 amide bonds. The van der Waals surface area contributed by atoms with Crippen LogP contribution in [0.4, 0.5) is 0 Å². The van der Waals surface area contributed by atoms with E-state index in [1.54, 1.807) is 14.2 Å². The Kier molecular flexibility index (Phi) is 4.00. The lowest BCUT2D eigenvalue weighted by Crippen LogP contribution is -2.28. The molecule has 0 bridgehead atoms. The summed E-state index contributed by atoms with van der Waals surface area (Å²) in [7, 11) is 3.32. The van der Waals surface area contributed by atoms with E-state index < -0.39 is 0 Å². The molecule has 0 saturated heterocycles.